The molecule has 7 heteroatoms. The summed E-state index contributed by atoms with van der Waals surface area (Å²) in [6.45, 7) is 0.189. The van der Waals surface area contributed by atoms with Crippen LogP contribution in [-0.2, 0) is 6.61 Å². The van der Waals surface area contributed by atoms with Gasteiger partial charge in [-0.1, -0.05) is 11.6 Å². The molecule has 1 aromatic carbocycles. The maximum atomic E-state index is 10.7. The lowest BCUT2D eigenvalue weighted by atomic mass is 10.3. The Morgan fingerprint density at radius 1 is 1.37 bits per heavy atom. The van der Waals surface area contributed by atoms with Crippen LogP contribution in [0.2, 0.25) is 5.02 Å². The zero-order valence-corrected chi connectivity index (χ0v) is 11.9. The van der Waals surface area contributed by atoms with Gasteiger partial charge in [-0.25, -0.2) is 0 Å². The number of benzene rings is 1. The van der Waals surface area contributed by atoms with Crippen LogP contribution in [-0.4, -0.2) is 9.91 Å². The Morgan fingerprint density at radius 3 is 2.79 bits per heavy atom. The SMILES string of the molecule is O=[N+]([O-])c1ccc(Cl)c(OCc2ccc(Br)cn2)c1. The Kier molecular flexibility index (Phi) is 4.34. The number of hydrogen-bond donors (Lipinski definition) is 0. The van der Waals surface area contributed by atoms with Gasteiger partial charge in [0, 0.05) is 16.7 Å². The van der Waals surface area contributed by atoms with E-state index in [0.29, 0.717) is 10.7 Å². The monoisotopic (exact) mass is 342 g/mol. The van der Waals surface area contributed by atoms with Crippen LogP contribution in [0.1, 0.15) is 5.69 Å². The third-order valence-corrected chi connectivity index (χ3v) is 3.07. The van der Waals surface area contributed by atoms with E-state index in [-0.39, 0.29) is 18.0 Å². The predicted molar refractivity (Wildman–Crippen MR) is 74.4 cm³/mol. The summed E-state index contributed by atoms with van der Waals surface area (Å²) in [5.74, 6) is 0.264. The van der Waals surface area contributed by atoms with Gasteiger partial charge in [-0.3, -0.25) is 15.1 Å². The van der Waals surface area contributed by atoms with E-state index in [9.17, 15) is 10.1 Å². The molecule has 0 amide bonds. The fourth-order valence-corrected chi connectivity index (χ4v) is 1.77. The van der Waals surface area contributed by atoms with Gasteiger partial charge in [-0.05, 0) is 34.1 Å². The van der Waals surface area contributed by atoms with Crippen molar-refractivity contribution in [2.45, 2.75) is 6.61 Å². The number of nitrogens with zero attached hydrogens (tertiary/aromatic N) is 2. The minimum absolute atomic E-state index is 0.0665. The molecule has 2 aromatic rings. The highest BCUT2D eigenvalue weighted by Crippen LogP contribution is 2.29. The lowest BCUT2D eigenvalue weighted by molar-refractivity contribution is -0.384. The molecule has 0 saturated heterocycles. The average molecular weight is 344 g/mol. The molecule has 0 aliphatic carbocycles. The Morgan fingerprint density at radius 2 is 2.16 bits per heavy atom. The summed E-state index contributed by atoms with van der Waals surface area (Å²) < 4.78 is 6.30. The largest absolute Gasteiger partial charge is 0.485 e. The third kappa shape index (κ3) is 3.65. The lowest BCUT2D eigenvalue weighted by Gasteiger charge is -2.07. The van der Waals surface area contributed by atoms with Gasteiger partial charge in [0.15, 0.2) is 0 Å². The van der Waals surface area contributed by atoms with Gasteiger partial charge in [0.05, 0.1) is 21.7 Å². The fraction of sp³-hybridized carbons (Fsp3) is 0.0833. The second-order valence-electron chi connectivity index (χ2n) is 3.63. The Labute approximate surface area is 122 Å². The number of rotatable bonds is 4. The normalized spacial score (nSPS) is 10.2. The molecule has 0 N–H and O–H groups in total. The molecule has 0 fully saturated rings. The van der Waals surface area contributed by atoms with Crippen LogP contribution in [0.25, 0.3) is 0 Å². The Balaban J connectivity index is 2.12. The summed E-state index contributed by atoms with van der Waals surface area (Å²) >= 11 is 9.20. The van der Waals surface area contributed by atoms with E-state index in [1.54, 1.807) is 12.3 Å². The van der Waals surface area contributed by atoms with Gasteiger partial charge in [-0.2, -0.15) is 0 Å². The highest BCUT2D eigenvalue weighted by Gasteiger charge is 2.11. The molecule has 1 aromatic heterocycles. The zero-order valence-electron chi connectivity index (χ0n) is 9.55. The molecule has 0 radical (unpaired) electrons. The number of hydrogen-bond acceptors (Lipinski definition) is 4. The molecular weight excluding hydrogens is 336 g/mol. The third-order valence-electron chi connectivity index (χ3n) is 2.29. The zero-order chi connectivity index (χ0) is 13.8. The summed E-state index contributed by atoms with van der Waals surface area (Å²) in [6, 6.07) is 7.67. The van der Waals surface area contributed by atoms with Crippen molar-refractivity contribution in [1.82, 2.24) is 4.98 Å². The van der Waals surface area contributed by atoms with E-state index < -0.39 is 4.92 Å². The van der Waals surface area contributed by atoms with Crippen molar-refractivity contribution in [3.8, 4) is 5.75 Å². The van der Waals surface area contributed by atoms with E-state index >= 15 is 0 Å². The second-order valence-corrected chi connectivity index (χ2v) is 4.95. The van der Waals surface area contributed by atoms with E-state index in [1.165, 1.54) is 18.2 Å². The van der Waals surface area contributed by atoms with Crippen LogP contribution in [0.4, 0.5) is 5.69 Å². The van der Waals surface area contributed by atoms with Crippen LogP contribution < -0.4 is 4.74 Å². The van der Waals surface area contributed by atoms with Gasteiger partial charge in [-0.15, -0.1) is 0 Å². The number of nitro groups is 1. The first-order valence-electron chi connectivity index (χ1n) is 5.23. The minimum Gasteiger partial charge on any atom is -0.485 e. The number of ether oxygens (including phenoxy) is 1. The minimum atomic E-state index is -0.499. The van der Waals surface area contributed by atoms with Crippen molar-refractivity contribution in [1.29, 1.82) is 0 Å². The molecule has 2 rings (SSSR count). The van der Waals surface area contributed by atoms with Gasteiger partial charge in [0.1, 0.15) is 12.4 Å². The van der Waals surface area contributed by atoms with Crippen LogP contribution >= 0.6 is 27.5 Å². The highest BCUT2D eigenvalue weighted by atomic mass is 79.9. The van der Waals surface area contributed by atoms with Crippen LogP contribution in [0.15, 0.2) is 41.0 Å². The maximum Gasteiger partial charge on any atom is 0.273 e. The number of nitro benzene ring substituents is 1. The summed E-state index contributed by atoms with van der Waals surface area (Å²) in [7, 11) is 0. The Bertz CT molecular complexity index is 604. The van der Waals surface area contributed by atoms with Crippen molar-refractivity contribution >= 4 is 33.2 Å². The standard InChI is InChI=1S/C12H8BrClN2O3/c13-8-1-2-9(15-6-8)7-19-12-5-10(16(17)18)3-4-11(12)14/h1-6H,7H2. The maximum absolute atomic E-state index is 10.7. The number of aromatic nitrogens is 1. The van der Waals surface area contributed by atoms with E-state index in [1.807, 2.05) is 6.07 Å². The molecule has 0 bridgehead atoms. The van der Waals surface area contributed by atoms with Crippen LogP contribution in [0.5, 0.6) is 5.75 Å². The van der Waals surface area contributed by atoms with E-state index in [0.717, 1.165) is 4.47 Å². The smallest absolute Gasteiger partial charge is 0.273 e. The molecule has 0 spiro atoms. The van der Waals surface area contributed by atoms with Crippen molar-refractivity contribution in [3.05, 3.63) is 61.8 Å². The molecule has 0 unspecified atom stereocenters. The predicted octanol–water partition coefficient (Wildman–Crippen LogP) is 3.98. The first-order valence-corrected chi connectivity index (χ1v) is 6.40. The van der Waals surface area contributed by atoms with Gasteiger partial charge >= 0.3 is 0 Å². The first kappa shape index (κ1) is 13.8. The molecule has 0 saturated carbocycles. The van der Waals surface area contributed by atoms with Crippen molar-refractivity contribution in [2.75, 3.05) is 0 Å². The number of non-ortho nitro benzene ring substituents is 1. The van der Waals surface area contributed by atoms with Gasteiger partial charge < -0.3 is 4.74 Å². The Hall–Kier alpha value is -1.66. The average Bonchev–Trinajstić information content (AvgIpc) is 2.39. The molecule has 19 heavy (non-hydrogen) atoms. The molecule has 0 aliphatic heterocycles. The molecule has 1 heterocycles. The van der Waals surface area contributed by atoms with Crippen LogP contribution in [0.3, 0.4) is 0 Å². The number of halogens is 2. The first-order chi connectivity index (χ1) is 9.06. The van der Waals surface area contributed by atoms with E-state index in [4.69, 9.17) is 16.3 Å². The highest BCUT2D eigenvalue weighted by molar-refractivity contribution is 9.10. The summed E-state index contributed by atoms with van der Waals surface area (Å²) in [5, 5.41) is 11.0. The van der Waals surface area contributed by atoms with Gasteiger partial charge in [0.2, 0.25) is 0 Å². The van der Waals surface area contributed by atoms with Crippen molar-refractivity contribution in [2.24, 2.45) is 0 Å². The van der Waals surface area contributed by atoms with Gasteiger partial charge in [0.25, 0.3) is 5.69 Å². The second kappa shape index (κ2) is 5.99. The number of pyridine rings is 1. The topological polar surface area (TPSA) is 65.3 Å². The molecule has 98 valence electrons. The molecule has 5 nitrogen and oxygen atoms in total. The quantitative estimate of drug-likeness (QED) is 0.622. The van der Waals surface area contributed by atoms with Crippen molar-refractivity contribution < 1.29 is 9.66 Å². The summed E-state index contributed by atoms with van der Waals surface area (Å²) in [5.41, 5.74) is 0.633. The summed E-state index contributed by atoms with van der Waals surface area (Å²) in [4.78, 5) is 14.3. The van der Waals surface area contributed by atoms with Crippen molar-refractivity contribution in [3.63, 3.8) is 0 Å². The van der Waals surface area contributed by atoms with E-state index in [2.05, 4.69) is 20.9 Å². The summed E-state index contributed by atoms with van der Waals surface area (Å²) in [6.07, 6.45) is 1.65. The lowest BCUT2D eigenvalue weighted by Crippen LogP contribution is -1.99. The van der Waals surface area contributed by atoms with Crippen LogP contribution in [0, 0.1) is 10.1 Å². The molecule has 0 atom stereocenters. The fourth-order valence-electron chi connectivity index (χ4n) is 1.36. The molecule has 0 aliphatic rings. The molecular formula is C12H8BrClN2O3.